The van der Waals surface area contributed by atoms with Gasteiger partial charge in [-0.15, -0.1) is 0 Å². The first-order valence-corrected chi connectivity index (χ1v) is 17.4. The van der Waals surface area contributed by atoms with Gasteiger partial charge >= 0.3 is 24.7 Å². The van der Waals surface area contributed by atoms with E-state index < -0.39 is 24.7 Å². The van der Waals surface area contributed by atoms with Crippen LogP contribution in [0.15, 0.2) is 152 Å². The first kappa shape index (κ1) is 53.1. The molecule has 0 aliphatic heterocycles. The van der Waals surface area contributed by atoms with Crippen molar-refractivity contribution in [2.45, 2.75) is 66.8 Å². The Morgan fingerprint density at radius 2 is 0.553 bits per heavy atom. The Hall–Kier alpha value is -3.40. The zero-order chi connectivity index (χ0) is 26.5. The first-order valence-electron chi connectivity index (χ1n) is 12.2. The van der Waals surface area contributed by atoms with E-state index in [2.05, 4.69) is 0 Å². The number of rotatable bonds is 9. The Kier molecular flexibility index (Phi) is 26.0. The lowest BCUT2D eigenvalue weighted by Crippen LogP contribution is -2.64. The highest BCUT2D eigenvalue weighted by Crippen LogP contribution is 2.51. The van der Waals surface area contributed by atoms with E-state index in [1.807, 2.05) is 24.3 Å². The topological polar surface area (TPSA) is 76.0 Å². The fourth-order valence-electron chi connectivity index (χ4n) is 4.28. The predicted octanol–water partition coefficient (Wildman–Crippen LogP) is 8.76. The molecule has 0 aliphatic carbocycles. The van der Waals surface area contributed by atoms with Crippen molar-refractivity contribution in [2.24, 2.45) is 0 Å². The fourth-order valence-corrected chi connectivity index (χ4v) is 13.9. The standard InChI is InChI=1S/C30H27O5PSi2.9CH4/c31-36(26-16-6-1-7-17-26,34-37(32,27-18-8-2-9-19-27)28-20-10-3-11-21-28)35-38(33,29-22-12-4-13-23-29)30-24-14-5-15-25-30;;;;;;;;;/h1-25,32-33H;9*1H4. The average Bonchev–Trinajstić information content (AvgIpc) is 2.99. The van der Waals surface area contributed by atoms with Crippen molar-refractivity contribution in [1.29, 1.82) is 0 Å². The molecule has 0 saturated carbocycles. The summed E-state index contributed by atoms with van der Waals surface area (Å²) < 4.78 is 27.9. The van der Waals surface area contributed by atoms with E-state index in [0.29, 0.717) is 20.7 Å². The van der Waals surface area contributed by atoms with Gasteiger partial charge < -0.3 is 18.0 Å². The zero-order valence-corrected chi connectivity index (χ0v) is 23.4. The quantitative estimate of drug-likeness (QED) is 0.119. The Labute approximate surface area is 291 Å². The molecule has 0 aromatic heterocycles. The average molecular weight is 699 g/mol. The largest absolute Gasteiger partial charge is 0.411 e. The van der Waals surface area contributed by atoms with Gasteiger partial charge in [0.1, 0.15) is 0 Å². The summed E-state index contributed by atoms with van der Waals surface area (Å²) in [6.45, 7) is 0. The van der Waals surface area contributed by atoms with Crippen LogP contribution in [0.2, 0.25) is 0 Å². The Balaban J connectivity index is -0.000000653. The second-order valence-electron chi connectivity index (χ2n) is 8.77. The predicted molar refractivity (Wildman–Crippen MR) is 217 cm³/mol. The summed E-state index contributed by atoms with van der Waals surface area (Å²) in [5.74, 6) is 0. The van der Waals surface area contributed by atoms with E-state index in [0.717, 1.165) is 0 Å². The molecule has 0 unspecified atom stereocenters. The smallest absolute Gasteiger partial charge is 0.404 e. The van der Waals surface area contributed by atoms with Crippen molar-refractivity contribution >= 4 is 50.8 Å². The molecule has 47 heavy (non-hydrogen) atoms. The third kappa shape index (κ3) is 11.4. The molecule has 8 heteroatoms. The molecule has 0 amide bonds. The van der Waals surface area contributed by atoms with Crippen LogP contribution in [0.5, 0.6) is 0 Å². The van der Waals surface area contributed by atoms with Crippen LogP contribution in [-0.4, -0.2) is 26.7 Å². The molecule has 0 atom stereocenters. The third-order valence-corrected chi connectivity index (χ3v) is 15.7. The monoisotopic (exact) mass is 698 g/mol. The van der Waals surface area contributed by atoms with E-state index in [4.69, 9.17) is 8.43 Å². The molecule has 5 rings (SSSR count). The third-order valence-electron chi connectivity index (χ3n) is 6.24. The molecule has 0 bridgehead atoms. The van der Waals surface area contributed by atoms with Crippen molar-refractivity contribution < 1.29 is 22.6 Å². The van der Waals surface area contributed by atoms with Gasteiger partial charge in [0.2, 0.25) is 0 Å². The molecule has 0 fully saturated rings. The van der Waals surface area contributed by atoms with Crippen LogP contribution in [-0.2, 0) is 13.0 Å². The van der Waals surface area contributed by atoms with E-state index in [-0.39, 0.29) is 72.1 Å². The normalized spacial score (nSPS) is 9.91. The lowest BCUT2D eigenvalue weighted by molar-refractivity contribution is 0.326. The zero-order valence-electron chi connectivity index (χ0n) is 20.5. The van der Waals surface area contributed by atoms with E-state index in [1.165, 1.54) is 0 Å². The Morgan fingerprint density at radius 3 is 0.766 bits per heavy atom. The summed E-state index contributed by atoms with van der Waals surface area (Å²) >= 11 is 0. The SMILES string of the molecule is C.C.C.C.C.C.C.C.C.O=P(O[Si](O)(c1ccccc1)c1ccccc1)(O[Si](O)(c1ccccc1)c1ccccc1)c1ccccc1. The number of benzene rings is 5. The van der Waals surface area contributed by atoms with E-state index in [1.54, 1.807) is 127 Å². The van der Waals surface area contributed by atoms with Crippen LogP contribution in [0, 0.1) is 0 Å². The summed E-state index contributed by atoms with van der Waals surface area (Å²) in [4.78, 5) is 24.6. The maximum atomic E-state index is 15.0. The summed E-state index contributed by atoms with van der Waals surface area (Å²) in [7, 11) is -12.6. The maximum Gasteiger partial charge on any atom is 0.411 e. The van der Waals surface area contributed by atoms with Crippen LogP contribution in [0.3, 0.4) is 0 Å². The van der Waals surface area contributed by atoms with E-state index in [9.17, 15) is 9.59 Å². The van der Waals surface area contributed by atoms with Gasteiger partial charge in [-0.3, -0.25) is 4.57 Å². The van der Waals surface area contributed by atoms with Crippen LogP contribution in [0.1, 0.15) is 66.8 Å². The van der Waals surface area contributed by atoms with Crippen LogP contribution in [0.25, 0.3) is 0 Å². The molecule has 262 valence electrons. The molecule has 5 nitrogen and oxygen atoms in total. The Morgan fingerprint density at radius 1 is 0.362 bits per heavy atom. The van der Waals surface area contributed by atoms with Crippen molar-refractivity contribution in [3.8, 4) is 0 Å². The van der Waals surface area contributed by atoms with Gasteiger partial charge in [-0.2, -0.15) is 0 Å². The number of hydrogen-bond acceptors (Lipinski definition) is 5. The summed E-state index contributed by atoms with van der Waals surface area (Å²) in [6, 6.07) is 44.3. The van der Waals surface area contributed by atoms with Crippen molar-refractivity contribution in [3.63, 3.8) is 0 Å². The summed E-state index contributed by atoms with van der Waals surface area (Å²) in [5.41, 5.74) is 0. The molecule has 0 saturated heterocycles. The molecule has 0 aliphatic rings. The molecule has 0 spiro atoms. The van der Waals surface area contributed by atoms with Gasteiger partial charge in [-0.25, -0.2) is 0 Å². The van der Waals surface area contributed by atoms with Gasteiger partial charge in [0.15, 0.2) is 0 Å². The first-order chi connectivity index (χ1) is 18.4. The molecular weight excluding hydrogens is 636 g/mol. The molecule has 5 aromatic rings. The minimum absolute atomic E-state index is 0. The van der Waals surface area contributed by atoms with Gasteiger partial charge in [-0.05, 0) is 32.9 Å². The lowest BCUT2D eigenvalue weighted by atomic mass is 10.4. The van der Waals surface area contributed by atoms with Crippen LogP contribution >= 0.6 is 7.60 Å². The highest BCUT2D eigenvalue weighted by Gasteiger charge is 2.52. The summed E-state index contributed by atoms with van der Waals surface area (Å²) in [5, 5.41) is 2.29. The molecule has 0 radical (unpaired) electrons. The van der Waals surface area contributed by atoms with Crippen molar-refractivity contribution in [1.82, 2.24) is 0 Å². The molecular formula is C39H63O5PSi2. The van der Waals surface area contributed by atoms with Crippen molar-refractivity contribution in [3.05, 3.63) is 152 Å². The van der Waals surface area contributed by atoms with Crippen LogP contribution < -0.4 is 26.1 Å². The fraction of sp³-hybridized carbons (Fsp3) is 0.231. The molecule has 2 N–H and O–H groups in total. The van der Waals surface area contributed by atoms with Gasteiger partial charge in [0.05, 0.1) is 5.30 Å². The maximum absolute atomic E-state index is 15.0. The minimum Gasteiger partial charge on any atom is -0.404 e. The summed E-state index contributed by atoms with van der Waals surface area (Å²) in [6.07, 6.45) is 0. The lowest BCUT2D eigenvalue weighted by Gasteiger charge is -2.35. The highest BCUT2D eigenvalue weighted by molar-refractivity contribution is 7.65. The second-order valence-corrected chi connectivity index (χ2v) is 16.6. The minimum atomic E-state index is -4.35. The van der Waals surface area contributed by atoms with Gasteiger partial charge in [-0.1, -0.05) is 206 Å². The second kappa shape index (κ2) is 23.0. The van der Waals surface area contributed by atoms with E-state index >= 15 is 4.57 Å². The highest BCUT2D eigenvalue weighted by atomic mass is 31.2. The molecule has 5 aromatic carbocycles. The number of hydrogen-bond donors (Lipinski definition) is 2. The molecule has 0 heterocycles. The van der Waals surface area contributed by atoms with Gasteiger partial charge in [0.25, 0.3) is 0 Å². The van der Waals surface area contributed by atoms with Crippen molar-refractivity contribution in [2.75, 3.05) is 0 Å². The Bertz CT molecular complexity index is 1330. The van der Waals surface area contributed by atoms with Crippen LogP contribution in [0.4, 0.5) is 0 Å². The van der Waals surface area contributed by atoms with Gasteiger partial charge in [0, 0.05) is 0 Å².